The molecule has 0 fully saturated rings. The molecule has 0 saturated heterocycles. The summed E-state index contributed by atoms with van der Waals surface area (Å²) in [5, 5.41) is 27.6. The molecular formula is C58H35N5. The Morgan fingerprint density at radius 2 is 0.619 bits per heavy atom. The quantitative estimate of drug-likeness (QED) is 0.157. The van der Waals surface area contributed by atoms with Crippen LogP contribution in [0.25, 0.3) is 99.2 Å². The van der Waals surface area contributed by atoms with Crippen LogP contribution in [0.4, 0.5) is 0 Å². The number of para-hydroxylation sites is 5. The Kier molecular flexibility index (Phi) is 8.22. The fourth-order valence-electron chi connectivity index (χ4n) is 9.79. The standard InChI is InChI=1S/C58H35N5/c59-36-42(37-60)58(38-22-28-44(29-23-38)62-52-18-8-4-14-46(52)47-15-5-9-19-53(47)62)39-24-30-45(31-25-39)63-55-21-11-7-17-49(55)51-35-41(27-33-57(51)63)40-26-32-56-50(34-40)48-16-6-10-20-54(48)61(56)43-12-2-1-3-13-43/h1-35H. The third-order valence-electron chi connectivity index (χ3n) is 12.6. The number of benzene rings is 9. The summed E-state index contributed by atoms with van der Waals surface area (Å²) < 4.78 is 6.91. The number of nitriles is 2. The van der Waals surface area contributed by atoms with Crippen molar-refractivity contribution in [1.82, 2.24) is 13.7 Å². The number of rotatable bonds is 6. The fraction of sp³-hybridized carbons (Fsp3) is 0. The number of hydrogen-bond acceptors (Lipinski definition) is 2. The zero-order valence-electron chi connectivity index (χ0n) is 33.9. The second-order valence-corrected chi connectivity index (χ2v) is 15.9. The van der Waals surface area contributed by atoms with Crippen LogP contribution in [-0.2, 0) is 0 Å². The van der Waals surface area contributed by atoms with Crippen molar-refractivity contribution in [2.24, 2.45) is 0 Å². The van der Waals surface area contributed by atoms with Crippen LogP contribution in [0.2, 0.25) is 0 Å². The highest BCUT2D eigenvalue weighted by atomic mass is 15.0. The van der Waals surface area contributed by atoms with E-state index in [1.54, 1.807) is 0 Å². The lowest BCUT2D eigenvalue weighted by molar-refractivity contribution is 1.18. The molecule has 0 unspecified atom stereocenters. The molecule has 3 heterocycles. The van der Waals surface area contributed by atoms with E-state index in [-0.39, 0.29) is 5.57 Å². The van der Waals surface area contributed by atoms with Crippen molar-refractivity contribution in [3.05, 3.63) is 229 Å². The third kappa shape index (κ3) is 5.62. The van der Waals surface area contributed by atoms with Crippen LogP contribution in [0.5, 0.6) is 0 Å². The Morgan fingerprint density at radius 3 is 1.00 bits per heavy atom. The monoisotopic (exact) mass is 801 g/mol. The van der Waals surface area contributed by atoms with E-state index in [0.717, 1.165) is 61.4 Å². The molecule has 0 bridgehead atoms. The zero-order valence-corrected chi connectivity index (χ0v) is 33.9. The zero-order chi connectivity index (χ0) is 42.0. The highest BCUT2D eigenvalue weighted by molar-refractivity contribution is 6.13. The van der Waals surface area contributed by atoms with Crippen LogP contribution in [0, 0.1) is 22.7 Å². The highest BCUT2D eigenvalue weighted by Crippen LogP contribution is 2.39. The van der Waals surface area contributed by atoms with Crippen LogP contribution in [0.15, 0.2) is 218 Å². The van der Waals surface area contributed by atoms with E-state index in [1.165, 1.54) is 43.4 Å². The van der Waals surface area contributed by atoms with Gasteiger partial charge in [-0.3, -0.25) is 0 Å². The third-order valence-corrected chi connectivity index (χ3v) is 12.6. The van der Waals surface area contributed by atoms with Gasteiger partial charge in [-0.1, -0.05) is 127 Å². The van der Waals surface area contributed by atoms with Crippen LogP contribution in [0.1, 0.15) is 11.1 Å². The summed E-state index contributed by atoms with van der Waals surface area (Å²) >= 11 is 0. The minimum absolute atomic E-state index is 0.0690. The van der Waals surface area contributed by atoms with E-state index in [9.17, 15) is 10.5 Å². The first kappa shape index (κ1) is 36.0. The van der Waals surface area contributed by atoms with Crippen molar-refractivity contribution in [2.75, 3.05) is 0 Å². The molecule has 3 aromatic heterocycles. The van der Waals surface area contributed by atoms with Gasteiger partial charge in [0.15, 0.2) is 0 Å². The molecule has 0 radical (unpaired) electrons. The summed E-state index contributed by atoms with van der Waals surface area (Å²) in [6.45, 7) is 0. The maximum absolute atomic E-state index is 10.2. The molecule has 12 rings (SSSR count). The lowest BCUT2D eigenvalue weighted by Crippen LogP contribution is -1.98. The average Bonchev–Trinajstić information content (AvgIpc) is 3.99. The first-order chi connectivity index (χ1) is 31.2. The maximum Gasteiger partial charge on any atom is 0.138 e. The number of nitrogens with zero attached hydrogens (tertiary/aromatic N) is 5. The fourth-order valence-corrected chi connectivity index (χ4v) is 9.79. The molecule has 0 aliphatic heterocycles. The normalized spacial score (nSPS) is 11.5. The Hall–Kier alpha value is -8.90. The first-order valence-corrected chi connectivity index (χ1v) is 21.0. The van der Waals surface area contributed by atoms with Crippen molar-refractivity contribution < 1.29 is 0 Å². The van der Waals surface area contributed by atoms with Gasteiger partial charge in [0, 0.05) is 55.0 Å². The molecule has 0 amide bonds. The van der Waals surface area contributed by atoms with E-state index in [0.29, 0.717) is 5.57 Å². The van der Waals surface area contributed by atoms with Crippen molar-refractivity contribution in [2.45, 2.75) is 0 Å². The van der Waals surface area contributed by atoms with E-state index in [1.807, 2.05) is 24.3 Å². The van der Waals surface area contributed by atoms with Crippen LogP contribution in [0.3, 0.4) is 0 Å². The predicted molar refractivity (Wildman–Crippen MR) is 259 cm³/mol. The number of aromatic nitrogens is 3. The van der Waals surface area contributed by atoms with E-state index < -0.39 is 0 Å². The molecule has 0 aliphatic carbocycles. The molecule has 5 heteroatoms. The molecule has 12 aromatic rings. The second-order valence-electron chi connectivity index (χ2n) is 15.9. The van der Waals surface area contributed by atoms with Crippen molar-refractivity contribution >= 4 is 71.0 Å². The van der Waals surface area contributed by atoms with Gasteiger partial charge in [-0.05, 0) is 107 Å². The first-order valence-electron chi connectivity index (χ1n) is 21.0. The topological polar surface area (TPSA) is 62.4 Å². The van der Waals surface area contributed by atoms with E-state index >= 15 is 0 Å². The van der Waals surface area contributed by atoms with Gasteiger partial charge < -0.3 is 13.7 Å². The van der Waals surface area contributed by atoms with Gasteiger partial charge >= 0.3 is 0 Å². The lowest BCUT2D eigenvalue weighted by atomic mass is 9.93. The maximum atomic E-state index is 10.2. The Morgan fingerprint density at radius 1 is 0.302 bits per heavy atom. The van der Waals surface area contributed by atoms with E-state index in [2.05, 4.69) is 214 Å². The second kappa shape index (κ2) is 14.4. The molecular weight excluding hydrogens is 767 g/mol. The van der Waals surface area contributed by atoms with Crippen molar-refractivity contribution in [3.63, 3.8) is 0 Å². The molecule has 0 aliphatic rings. The SMILES string of the molecule is N#CC(C#N)=C(c1ccc(-n2c3ccccc3c3ccccc32)cc1)c1ccc(-n2c3ccccc3c3cc(-c4ccc5c(c4)c4ccccc4n5-c4ccccc4)ccc32)cc1. The molecule has 0 saturated carbocycles. The minimum atomic E-state index is 0.0690. The lowest BCUT2D eigenvalue weighted by Gasteiger charge is -2.13. The van der Waals surface area contributed by atoms with Crippen molar-refractivity contribution in [3.8, 4) is 40.3 Å². The Bertz CT molecular complexity index is 3830. The summed E-state index contributed by atoms with van der Waals surface area (Å²) in [5.41, 5.74) is 14.5. The number of hydrogen-bond donors (Lipinski definition) is 0. The molecule has 0 spiro atoms. The Balaban J connectivity index is 0.929. The Labute approximate surface area is 363 Å². The molecule has 5 nitrogen and oxygen atoms in total. The summed E-state index contributed by atoms with van der Waals surface area (Å²) in [5.74, 6) is 0. The highest BCUT2D eigenvalue weighted by Gasteiger charge is 2.18. The van der Waals surface area contributed by atoms with Gasteiger partial charge in [-0.15, -0.1) is 0 Å². The van der Waals surface area contributed by atoms with Gasteiger partial charge in [0.2, 0.25) is 0 Å². The molecule has 9 aromatic carbocycles. The van der Waals surface area contributed by atoms with Gasteiger partial charge in [0.1, 0.15) is 17.7 Å². The summed E-state index contributed by atoms with van der Waals surface area (Å²) in [4.78, 5) is 0. The number of fused-ring (bicyclic) bond motifs is 9. The van der Waals surface area contributed by atoms with Gasteiger partial charge in [0.25, 0.3) is 0 Å². The number of allylic oxidation sites excluding steroid dienone is 1. The van der Waals surface area contributed by atoms with Gasteiger partial charge in [-0.25, -0.2) is 0 Å². The van der Waals surface area contributed by atoms with Crippen molar-refractivity contribution in [1.29, 1.82) is 10.5 Å². The average molecular weight is 802 g/mol. The van der Waals surface area contributed by atoms with Crippen LogP contribution in [-0.4, -0.2) is 13.7 Å². The summed E-state index contributed by atoms with van der Waals surface area (Å²) in [6, 6.07) is 78.9. The smallest absolute Gasteiger partial charge is 0.138 e. The van der Waals surface area contributed by atoms with Crippen LogP contribution >= 0.6 is 0 Å². The van der Waals surface area contributed by atoms with E-state index in [4.69, 9.17) is 0 Å². The summed E-state index contributed by atoms with van der Waals surface area (Å²) in [7, 11) is 0. The largest absolute Gasteiger partial charge is 0.309 e. The molecule has 0 atom stereocenters. The molecule has 0 N–H and O–H groups in total. The predicted octanol–water partition coefficient (Wildman–Crippen LogP) is 14.5. The molecule has 63 heavy (non-hydrogen) atoms. The van der Waals surface area contributed by atoms with Gasteiger partial charge in [0.05, 0.1) is 33.1 Å². The van der Waals surface area contributed by atoms with Crippen LogP contribution < -0.4 is 0 Å². The molecule has 292 valence electrons. The van der Waals surface area contributed by atoms with Gasteiger partial charge in [-0.2, -0.15) is 10.5 Å². The summed E-state index contributed by atoms with van der Waals surface area (Å²) in [6.07, 6.45) is 0. The minimum Gasteiger partial charge on any atom is -0.309 e.